The van der Waals surface area contributed by atoms with Crippen LogP contribution in [0.25, 0.3) is 0 Å². The first-order chi connectivity index (χ1) is 11.2. The van der Waals surface area contributed by atoms with Gasteiger partial charge in [-0.15, -0.1) is 0 Å². The molecule has 1 aromatic heterocycles. The average molecular weight is 315 g/mol. The van der Waals surface area contributed by atoms with Crippen LogP contribution in [0.3, 0.4) is 0 Å². The number of amides is 1. The van der Waals surface area contributed by atoms with Crippen molar-refractivity contribution in [1.29, 1.82) is 0 Å². The summed E-state index contributed by atoms with van der Waals surface area (Å²) in [6, 6.07) is 7.85. The van der Waals surface area contributed by atoms with Crippen molar-refractivity contribution in [2.45, 2.75) is 25.8 Å². The van der Waals surface area contributed by atoms with E-state index in [0.717, 1.165) is 29.4 Å². The van der Waals surface area contributed by atoms with Gasteiger partial charge in [-0.05, 0) is 24.6 Å². The SMILES string of the molecule is Cc1nc(Cc2ccc(NC(=O)C[C@H]3COCCN3)cc2)n[nH]1. The summed E-state index contributed by atoms with van der Waals surface area (Å²) in [5, 5.41) is 13.1. The molecule has 3 N–H and O–H groups in total. The number of carbonyl (C=O) groups is 1. The number of H-pyrrole nitrogens is 1. The van der Waals surface area contributed by atoms with Crippen LogP contribution in [-0.2, 0) is 16.0 Å². The van der Waals surface area contributed by atoms with Crippen LogP contribution < -0.4 is 10.6 Å². The number of morpholine rings is 1. The van der Waals surface area contributed by atoms with Crippen LogP contribution in [0.15, 0.2) is 24.3 Å². The van der Waals surface area contributed by atoms with Crippen molar-refractivity contribution in [2.24, 2.45) is 0 Å². The third-order valence-electron chi connectivity index (χ3n) is 3.67. The summed E-state index contributed by atoms with van der Waals surface area (Å²) in [5.74, 6) is 1.57. The topological polar surface area (TPSA) is 91.9 Å². The van der Waals surface area contributed by atoms with Gasteiger partial charge in [0.2, 0.25) is 5.91 Å². The van der Waals surface area contributed by atoms with Crippen LogP contribution in [-0.4, -0.2) is 46.9 Å². The van der Waals surface area contributed by atoms with Crippen LogP contribution >= 0.6 is 0 Å². The smallest absolute Gasteiger partial charge is 0.226 e. The molecule has 1 fully saturated rings. The molecule has 1 aliphatic rings. The number of aryl methyl sites for hydroxylation is 1. The van der Waals surface area contributed by atoms with Gasteiger partial charge in [-0.3, -0.25) is 9.89 Å². The monoisotopic (exact) mass is 315 g/mol. The number of rotatable bonds is 5. The molecule has 0 spiro atoms. The Morgan fingerprint density at radius 3 is 2.87 bits per heavy atom. The second kappa shape index (κ2) is 7.34. The number of hydrogen-bond acceptors (Lipinski definition) is 5. The minimum atomic E-state index is -0.00894. The molecule has 2 heterocycles. The number of nitrogens with zero attached hydrogens (tertiary/aromatic N) is 2. The maximum atomic E-state index is 12.0. The quantitative estimate of drug-likeness (QED) is 0.766. The summed E-state index contributed by atoms with van der Waals surface area (Å²) in [4.78, 5) is 16.3. The van der Waals surface area contributed by atoms with Crippen molar-refractivity contribution in [2.75, 3.05) is 25.1 Å². The van der Waals surface area contributed by atoms with Gasteiger partial charge in [0, 0.05) is 31.1 Å². The van der Waals surface area contributed by atoms with E-state index in [1.807, 2.05) is 31.2 Å². The summed E-state index contributed by atoms with van der Waals surface area (Å²) < 4.78 is 5.35. The number of benzene rings is 1. The largest absolute Gasteiger partial charge is 0.378 e. The van der Waals surface area contributed by atoms with Gasteiger partial charge >= 0.3 is 0 Å². The van der Waals surface area contributed by atoms with Gasteiger partial charge in [0.15, 0.2) is 5.82 Å². The van der Waals surface area contributed by atoms with E-state index >= 15 is 0 Å². The molecule has 0 aliphatic carbocycles. The Labute approximate surface area is 134 Å². The van der Waals surface area contributed by atoms with E-state index in [1.54, 1.807) is 0 Å². The predicted molar refractivity (Wildman–Crippen MR) is 86.2 cm³/mol. The number of hydrogen-bond donors (Lipinski definition) is 3. The van der Waals surface area contributed by atoms with Crippen LogP contribution in [0, 0.1) is 6.92 Å². The fourth-order valence-corrected chi connectivity index (χ4v) is 2.54. The lowest BCUT2D eigenvalue weighted by Crippen LogP contribution is -2.43. The molecule has 1 aromatic carbocycles. The van der Waals surface area contributed by atoms with Gasteiger partial charge in [0.05, 0.1) is 13.2 Å². The highest BCUT2D eigenvalue weighted by molar-refractivity contribution is 5.91. The van der Waals surface area contributed by atoms with Crippen LogP contribution in [0.5, 0.6) is 0 Å². The summed E-state index contributed by atoms with van der Waals surface area (Å²) in [7, 11) is 0. The molecule has 1 aliphatic heterocycles. The van der Waals surface area contributed by atoms with Crippen molar-refractivity contribution < 1.29 is 9.53 Å². The first kappa shape index (κ1) is 15.6. The zero-order valence-corrected chi connectivity index (χ0v) is 13.1. The highest BCUT2D eigenvalue weighted by Crippen LogP contribution is 2.13. The highest BCUT2D eigenvalue weighted by Gasteiger charge is 2.16. The van der Waals surface area contributed by atoms with E-state index in [0.29, 0.717) is 26.1 Å². The Bertz CT molecular complexity index is 647. The number of carbonyl (C=O) groups excluding carboxylic acids is 1. The van der Waals surface area contributed by atoms with Crippen molar-refractivity contribution in [1.82, 2.24) is 20.5 Å². The van der Waals surface area contributed by atoms with Gasteiger partial charge < -0.3 is 15.4 Å². The van der Waals surface area contributed by atoms with Crippen molar-refractivity contribution in [3.8, 4) is 0 Å². The molecule has 0 saturated carbocycles. The number of aromatic nitrogens is 3. The molecule has 0 unspecified atom stereocenters. The zero-order valence-electron chi connectivity index (χ0n) is 13.1. The second-order valence-electron chi connectivity index (χ2n) is 5.69. The van der Waals surface area contributed by atoms with Gasteiger partial charge in [0.1, 0.15) is 5.82 Å². The van der Waals surface area contributed by atoms with Crippen LogP contribution in [0.2, 0.25) is 0 Å². The molecule has 122 valence electrons. The Kier molecular flexibility index (Phi) is 4.99. The summed E-state index contributed by atoms with van der Waals surface area (Å²) in [6.45, 7) is 3.97. The highest BCUT2D eigenvalue weighted by atomic mass is 16.5. The Morgan fingerprint density at radius 2 is 2.22 bits per heavy atom. The third-order valence-corrected chi connectivity index (χ3v) is 3.67. The molecule has 2 aromatic rings. The fraction of sp³-hybridized carbons (Fsp3) is 0.438. The molecule has 0 bridgehead atoms. The number of nitrogens with one attached hydrogen (secondary N) is 3. The maximum Gasteiger partial charge on any atom is 0.226 e. The molecule has 7 nitrogen and oxygen atoms in total. The minimum absolute atomic E-state index is 0.00894. The molecule has 7 heteroatoms. The average Bonchev–Trinajstić information content (AvgIpc) is 2.95. The lowest BCUT2D eigenvalue weighted by atomic mass is 10.1. The van der Waals surface area contributed by atoms with E-state index in [2.05, 4.69) is 25.8 Å². The first-order valence-electron chi connectivity index (χ1n) is 7.77. The van der Waals surface area contributed by atoms with Crippen molar-refractivity contribution in [3.63, 3.8) is 0 Å². The molecule has 1 saturated heterocycles. The summed E-state index contributed by atoms with van der Waals surface area (Å²) in [5.41, 5.74) is 1.89. The maximum absolute atomic E-state index is 12.0. The van der Waals surface area contributed by atoms with E-state index in [1.165, 1.54) is 0 Å². The lowest BCUT2D eigenvalue weighted by Gasteiger charge is -2.23. The van der Waals surface area contributed by atoms with Crippen molar-refractivity contribution in [3.05, 3.63) is 41.5 Å². The second-order valence-corrected chi connectivity index (χ2v) is 5.69. The van der Waals surface area contributed by atoms with E-state index in [4.69, 9.17) is 4.74 Å². The minimum Gasteiger partial charge on any atom is -0.378 e. The first-order valence-corrected chi connectivity index (χ1v) is 7.77. The van der Waals surface area contributed by atoms with E-state index < -0.39 is 0 Å². The summed E-state index contributed by atoms with van der Waals surface area (Å²) in [6.07, 6.45) is 1.08. The van der Waals surface area contributed by atoms with Crippen LogP contribution in [0.1, 0.15) is 23.6 Å². The van der Waals surface area contributed by atoms with Gasteiger partial charge in [-0.25, -0.2) is 4.98 Å². The molecule has 0 radical (unpaired) electrons. The van der Waals surface area contributed by atoms with E-state index in [-0.39, 0.29) is 11.9 Å². The van der Waals surface area contributed by atoms with Gasteiger partial charge in [0.25, 0.3) is 0 Å². The van der Waals surface area contributed by atoms with Crippen molar-refractivity contribution >= 4 is 11.6 Å². The number of anilines is 1. The predicted octanol–water partition coefficient (Wildman–Crippen LogP) is 1.02. The van der Waals surface area contributed by atoms with E-state index in [9.17, 15) is 4.79 Å². The lowest BCUT2D eigenvalue weighted by molar-refractivity contribution is -0.117. The fourth-order valence-electron chi connectivity index (χ4n) is 2.54. The van der Waals surface area contributed by atoms with Crippen LogP contribution in [0.4, 0.5) is 5.69 Å². The molecule has 3 rings (SSSR count). The Balaban J connectivity index is 1.51. The molecule has 1 amide bonds. The zero-order chi connectivity index (χ0) is 16.1. The molecular weight excluding hydrogens is 294 g/mol. The number of ether oxygens (including phenoxy) is 1. The standard InChI is InChI=1S/C16H21N5O2/c1-11-18-15(21-20-11)8-12-2-4-13(5-3-12)19-16(22)9-14-10-23-7-6-17-14/h2-5,14,17H,6-10H2,1H3,(H,19,22)(H,18,20,21)/t14-/m0/s1. The molecule has 23 heavy (non-hydrogen) atoms. The Morgan fingerprint density at radius 1 is 1.39 bits per heavy atom. The number of aromatic amines is 1. The summed E-state index contributed by atoms with van der Waals surface area (Å²) >= 11 is 0. The van der Waals surface area contributed by atoms with Gasteiger partial charge in [-0.2, -0.15) is 5.10 Å². The normalized spacial score (nSPS) is 17.9. The van der Waals surface area contributed by atoms with Gasteiger partial charge in [-0.1, -0.05) is 12.1 Å². The molecular formula is C16H21N5O2. The molecule has 1 atom stereocenters. The Hall–Kier alpha value is -2.25. The third kappa shape index (κ3) is 4.61.